The van der Waals surface area contributed by atoms with Gasteiger partial charge in [-0.1, -0.05) is 6.07 Å². The molecule has 2 rings (SSSR count). The molecule has 0 radical (unpaired) electrons. The van der Waals surface area contributed by atoms with E-state index in [2.05, 4.69) is 0 Å². The second-order valence-electron chi connectivity index (χ2n) is 5.34. The number of amides is 1. The number of rotatable bonds is 3. The van der Waals surface area contributed by atoms with Crippen molar-refractivity contribution in [2.75, 3.05) is 19.3 Å². The van der Waals surface area contributed by atoms with E-state index in [9.17, 15) is 18.3 Å². The number of aliphatic hydroxyl groups is 1. The standard InChI is InChI=1S/C14H19NO4S/c1-10(16)12-6-7-15(9-12)14(17)11-4-3-5-13(8-11)20(2,18)19/h3-5,8,10,12,16H,6-7,9H2,1-2H3. The predicted molar refractivity (Wildman–Crippen MR) is 75.2 cm³/mol. The van der Waals surface area contributed by atoms with Crippen LogP contribution in [-0.2, 0) is 9.84 Å². The summed E-state index contributed by atoms with van der Waals surface area (Å²) >= 11 is 0. The number of nitrogens with zero attached hydrogens (tertiary/aromatic N) is 1. The lowest BCUT2D eigenvalue weighted by Gasteiger charge is -2.18. The Bertz CT molecular complexity index is 609. The van der Waals surface area contributed by atoms with Gasteiger partial charge in [-0.2, -0.15) is 0 Å². The van der Waals surface area contributed by atoms with E-state index < -0.39 is 15.9 Å². The first-order valence-electron chi connectivity index (χ1n) is 6.56. The van der Waals surface area contributed by atoms with E-state index in [4.69, 9.17) is 0 Å². The molecule has 1 aliphatic rings. The van der Waals surface area contributed by atoms with Crippen LogP contribution in [0.5, 0.6) is 0 Å². The zero-order valence-electron chi connectivity index (χ0n) is 11.6. The van der Waals surface area contributed by atoms with Crippen LogP contribution in [0.1, 0.15) is 23.7 Å². The number of benzene rings is 1. The number of hydrogen-bond donors (Lipinski definition) is 1. The Morgan fingerprint density at radius 2 is 2.15 bits per heavy atom. The molecule has 1 aliphatic heterocycles. The minimum Gasteiger partial charge on any atom is -0.393 e. The van der Waals surface area contributed by atoms with Crippen molar-refractivity contribution in [1.29, 1.82) is 0 Å². The van der Waals surface area contributed by atoms with Crippen LogP contribution < -0.4 is 0 Å². The van der Waals surface area contributed by atoms with Crippen molar-refractivity contribution in [2.24, 2.45) is 5.92 Å². The van der Waals surface area contributed by atoms with Crippen LogP contribution in [0.4, 0.5) is 0 Å². The molecular formula is C14H19NO4S. The third-order valence-electron chi connectivity index (χ3n) is 3.70. The van der Waals surface area contributed by atoms with Crippen LogP contribution in [0.2, 0.25) is 0 Å². The minimum absolute atomic E-state index is 0.0945. The summed E-state index contributed by atoms with van der Waals surface area (Å²) in [6, 6.07) is 6.08. The first-order chi connectivity index (χ1) is 9.29. The van der Waals surface area contributed by atoms with Gasteiger partial charge in [-0.3, -0.25) is 4.79 Å². The highest BCUT2D eigenvalue weighted by atomic mass is 32.2. The van der Waals surface area contributed by atoms with Crippen molar-refractivity contribution in [2.45, 2.75) is 24.3 Å². The molecular weight excluding hydrogens is 278 g/mol. The molecule has 2 unspecified atom stereocenters. The molecule has 1 amide bonds. The van der Waals surface area contributed by atoms with E-state index in [0.29, 0.717) is 18.7 Å². The van der Waals surface area contributed by atoms with Gasteiger partial charge in [0.15, 0.2) is 9.84 Å². The van der Waals surface area contributed by atoms with Crippen LogP contribution in [-0.4, -0.2) is 49.8 Å². The van der Waals surface area contributed by atoms with Crippen LogP contribution in [0.15, 0.2) is 29.2 Å². The average molecular weight is 297 g/mol. The summed E-state index contributed by atoms with van der Waals surface area (Å²) in [6.07, 6.45) is 1.46. The molecule has 6 heteroatoms. The molecule has 0 bridgehead atoms. The third kappa shape index (κ3) is 3.19. The van der Waals surface area contributed by atoms with E-state index in [-0.39, 0.29) is 16.7 Å². The Hall–Kier alpha value is -1.40. The Labute approximate surface area is 119 Å². The van der Waals surface area contributed by atoms with Crippen LogP contribution in [0.3, 0.4) is 0 Å². The molecule has 5 nitrogen and oxygen atoms in total. The summed E-state index contributed by atoms with van der Waals surface area (Å²) < 4.78 is 23.0. The van der Waals surface area contributed by atoms with E-state index in [0.717, 1.165) is 12.7 Å². The first kappa shape index (κ1) is 15.0. The van der Waals surface area contributed by atoms with Crippen molar-refractivity contribution in [3.63, 3.8) is 0 Å². The minimum atomic E-state index is -3.32. The van der Waals surface area contributed by atoms with Crippen molar-refractivity contribution in [3.05, 3.63) is 29.8 Å². The lowest BCUT2D eigenvalue weighted by Crippen LogP contribution is -2.30. The van der Waals surface area contributed by atoms with Gasteiger partial charge in [-0.25, -0.2) is 8.42 Å². The molecule has 0 saturated carbocycles. The molecule has 0 aromatic heterocycles. The van der Waals surface area contributed by atoms with E-state index >= 15 is 0 Å². The summed E-state index contributed by atoms with van der Waals surface area (Å²) in [5.41, 5.74) is 0.374. The molecule has 0 aliphatic carbocycles. The van der Waals surface area contributed by atoms with Crippen molar-refractivity contribution >= 4 is 15.7 Å². The zero-order chi connectivity index (χ0) is 14.9. The summed E-state index contributed by atoms with van der Waals surface area (Å²) in [7, 11) is -3.32. The Morgan fingerprint density at radius 3 is 2.70 bits per heavy atom. The van der Waals surface area contributed by atoms with Gasteiger partial charge >= 0.3 is 0 Å². The van der Waals surface area contributed by atoms with Gasteiger partial charge in [-0.05, 0) is 31.5 Å². The normalized spacial score (nSPS) is 20.9. The second kappa shape index (κ2) is 5.54. The molecule has 1 N–H and O–H groups in total. The van der Waals surface area contributed by atoms with Crippen LogP contribution in [0.25, 0.3) is 0 Å². The SMILES string of the molecule is CC(O)C1CCN(C(=O)c2cccc(S(C)(=O)=O)c2)C1. The van der Waals surface area contributed by atoms with Crippen molar-refractivity contribution in [1.82, 2.24) is 4.90 Å². The third-order valence-corrected chi connectivity index (χ3v) is 4.81. The molecule has 1 aromatic carbocycles. The Morgan fingerprint density at radius 1 is 1.45 bits per heavy atom. The van der Waals surface area contributed by atoms with Gasteiger partial charge in [0.05, 0.1) is 11.0 Å². The maximum atomic E-state index is 12.3. The van der Waals surface area contributed by atoms with Gasteiger partial charge in [0, 0.05) is 30.8 Å². The van der Waals surface area contributed by atoms with Crippen molar-refractivity contribution < 1.29 is 18.3 Å². The second-order valence-corrected chi connectivity index (χ2v) is 7.36. The van der Waals surface area contributed by atoms with Crippen LogP contribution in [0, 0.1) is 5.92 Å². The van der Waals surface area contributed by atoms with Gasteiger partial charge < -0.3 is 10.0 Å². The van der Waals surface area contributed by atoms with Crippen molar-refractivity contribution in [3.8, 4) is 0 Å². The number of carbonyl (C=O) groups is 1. The van der Waals surface area contributed by atoms with E-state index in [1.54, 1.807) is 24.0 Å². The summed E-state index contributed by atoms with van der Waals surface area (Å²) in [5, 5.41) is 9.56. The smallest absolute Gasteiger partial charge is 0.253 e. The lowest BCUT2D eigenvalue weighted by atomic mass is 10.0. The summed E-state index contributed by atoms with van der Waals surface area (Å²) in [4.78, 5) is 14.2. The fraction of sp³-hybridized carbons (Fsp3) is 0.500. The summed E-state index contributed by atoms with van der Waals surface area (Å²) in [5.74, 6) is -0.0873. The predicted octanol–water partition coefficient (Wildman–Crippen LogP) is 0.933. The van der Waals surface area contributed by atoms with Gasteiger partial charge in [0.2, 0.25) is 0 Å². The van der Waals surface area contributed by atoms with Gasteiger partial charge in [0.25, 0.3) is 5.91 Å². The molecule has 2 atom stereocenters. The highest BCUT2D eigenvalue weighted by Gasteiger charge is 2.29. The van der Waals surface area contributed by atoms with Gasteiger partial charge in [0.1, 0.15) is 0 Å². The fourth-order valence-electron chi connectivity index (χ4n) is 2.41. The highest BCUT2D eigenvalue weighted by Crippen LogP contribution is 2.22. The zero-order valence-corrected chi connectivity index (χ0v) is 12.4. The van der Waals surface area contributed by atoms with E-state index in [1.165, 1.54) is 12.1 Å². The summed E-state index contributed by atoms with van der Waals surface area (Å²) in [6.45, 7) is 2.83. The largest absolute Gasteiger partial charge is 0.393 e. The number of hydrogen-bond acceptors (Lipinski definition) is 4. The lowest BCUT2D eigenvalue weighted by molar-refractivity contribution is 0.0762. The average Bonchev–Trinajstić information content (AvgIpc) is 2.87. The van der Waals surface area contributed by atoms with Crippen LogP contribution >= 0.6 is 0 Å². The number of carbonyl (C=O) groups excluding carboxylic acids is 1. The molecule has 1 fully saturated rings. The first-order valence-corrected chi connectivity index (χ1v) is 8.45. The number of aliphatic hydroxyl groups excluding tert-OH is 1. The quantitative estimate of drug-likeness (QED) is 0.901. The highest BCUT2D eigenvalue weighted by molar-refractivity contribution is 7.90. The van der Waals surface area contributed by atoms with Gasteiger partial charge in [-0.15, -0.1) is 0 Å². The number of sulfone groups is 1. The monoisotopic (exact) mass is 297 g/mol. The number of likely N-dealkylation sites (tertiary alicyclic amines) is 1. The molecule has 1 saturated heterocycles. The van der Waals surface area contributed by atoms with E-state index in [1.807, 2.05) is 0 Å². The molecule has 20 heavy (non-hydrogen) atoms. The topological polar surface area (TPSA) is 74.7 Å². The Kier molecular flexibility index (Phi) is 4.15. The molecule has 110 valence electrons. The Balaban J connectivity index is 2.19. The molecule has 1 heterocycles. The maximum Gasteiger partial charge on any atom is 0.253 e. The molecule has 0 spiro atoms. The maximum absolute atomic E-state index is 12.3. The molecule has 1 aromatic rings. The fourth-order valence-corrected chi connectivity index (χ4v) is 3.07.